The largest absolute Gasteiger partial charge is 0.375 e. The van der Waals surface area contributed by atoms with Gasteiger partial charge in [0.15, 0.2) is 0 Å². The molecule has 1 aromatic heterocycles. The number of hydrogen-bond donors (Lipinski definition) is 1. The number of thiazole rings is 1. The standard InChI is InChI=1S/C18H21FN2O2S/c1-11-20-15(16(24-11)12-5-4-6-13(19)9-12)17(22)21-14-7-8-23-18(2,3)10-14/h4-6,9,14H,7-8,10H2,1-3H3,(H,21,22)/t14-/m0/s1. The Labute approximate surface area is 145 Å². The summed E-state index contributed by atoms with van der Waals surface area (Å²) in [6, 6.07) is 6.32. The Balaban J connectivity index is 1.83. The lowest BCUT2D eigenvalue weighted by atomic mass is 9.94. The molecule has 1 N–H and O–H groups in total. The Morgan fingerprint density at radius 2 is 2.25 bits per heavy atom. The summed E-state index contributed by atoms with van der Waals surface area (Å²) in [5.41, 5.74) is 0.810. The quantitative estimate of drug-likeness (QED) is 0.914. The molecule has 0 unspecified atom stereocenters. The Bertz CT molecular complexity index is 757. The molecule has 0 saturated carbocycles. The molecule has 24 heavy (non-hydrogen) atoms. The van der Waals surface area contributed by atoms with E-state index in [9.17, 15) is 9.18 Å². The lowest BCUT2D eigenvalue weighted by Gasteiger charge is -2.35. The predicted molar refractivity (Wildman–Crippen MR) is 92.8 cm³/mol. The van der Waals surface area contributed by atoms with E-state index >= 15 is 0 Å². The zero-order chi connectivity index (χ0) is 17.3. The van der Waals surface area contributed by atoms with Crippen LogP contribution in [0.4, 0.5) is 4.39 Å². The number of ether oxygens (including phenoxy) is 1. The maximum absolute atomic E-state index is 13.5. The lowest BCUT2D eigenvalue weighted by molar-refractivity contribution is -0.0615. The first kappa shape index (κ1) is 17.0. The maximum atomic E-state index is 13.5. The SMILES string of the molecule is Cc1nc(C(=O)N[C@H]2CCOC(C)(C)C2)c(-c2cccc(F)c2)s1. The van der Waals surface area contributed by atoms with Crippen LogP contribution in [-0.4, -0.2) is 29.1 Å². The van der Waals surface area contributed by atoms with Gasteiger partial charge in [-0.25, -0.2) is 9.37 Å². The summed E-state index contributed by atoms with van der Waals surface area (Å²) in [5.74, 6) is -0.530. The summed E-state index contributed by atoms with van der Waals surface area (Å²) in [4.78, 5) is 17.8. The molecule has 2 heterocycles. The van der Waals surface area contributed by atoms with Gasteiger partial charge in [-0.3, -0.25) is 4.79 Å². The summed E-state index contributed by atoms with van der Waals surface area (Å²) in [6.07, 6.45) is 1.55. The van der Waals surface area contributed by atoms with Crippen molar-refractivity contribution in [2.45, 2.75) is 45.3 Å². The van der Waals surface area contributed by atoms with Gasteiger partial charge in [0, 0.05) is 12.6 Å². The van der Waals surface area contributed by atoms with E-state index in [0.717, 1.165) is 17.8 Å². The van der Waals surface area contributed by atoms with Crippen LogP contribution in [0.2, 0.25) is 0 Å². The molecule has 0 bridgehead atoms. The molecule has 1 amide bonds. The van der Waals surface area contributed by atoms with Crippen molar-refractivity contribution in [3.63, 3.8) is 0 Å². The van der Waals surface area contributed by atoms with Gasteiger partial charge in [-0.1, -0.05) is 12.1 Å². The molecule has 1 atom stereocenters. The molecule has 1 saturated heterocycles. The van der Waals surface area contributed by atoms with Crippen molar-refractivity contribution in [1.29, 1.82) is 0 Å². The highest BCUT2D eigenvalue weighted by Gasteiger charge is 2.30. The first-order chi connectivity index (χ1) is 11.3. The Morgan fingerprint density at radius 3 is 2.96 bits per heavy atom. The number of carbonyl (C=O) groups excluding carboxylic acids is 1. The highest BCUT2D eigenvalue weighted by molar-refractivity contribution is 7.15. The highest BCUT2D eigenvalue weighted by atomic mass is 32.1. The van der Waals surface area contributed by atoms with Crippen molar-refractivity contribution in [3.05, 3.63) is 40.8 Å². The number of rotatable bonds is 3. The third kappa shape index (κ3) is 3.82. The van der Waals surface area contributed by atoms with Gasteiger partial charge in [0.1, 0.15) is 11.5 Å². The number of aryl methyl sites for hydroxylation is 1. The lowest BCUT2D eigenvalue weighted by Crippen LogP contribution is -2.46. The zero-order valence-electron chi connectivity index (χ0n) is 14.1. The van der Waals surface area contributed by atoms with Crippen LogP contribution in [-0.2, 0) is 4.74 Å². The maximum Gasteiger partial charge on any atom is 0.271 e. The van der Waals surface area contributed by atoms with Gasteiger partial charge in [-0.05, 0) is 51.3 Å². The summed E-state index contributed by atoms with van der Waals surface area (Å²) >= 11 is 1.40. The second-order valence-corrected chi connectivity index (χ2v) is 7.90. The summed E-state index contributed by atoms with van der Waals surface area (Å²) < 4.78 is 19.2. The van der Waals surface area contributed by atoms with Gasteiger partial charge in [-0.2, -0.15) is 0 Å². The van der Waals surface area contributed by atoms with Crippen LogP contribution >= 0.6 is 11.3 Å². The molecule has 6 heteroatoms. The molecular formula is C18H21FN2O2S. The van der Waals surface area contributed by atoms with Crippen LogP contribution in [0, 0.1) is 12.7 Å². The van der Waals surface area contributed by atoms with Gasteiger partial charge in [0.25, 0.3) is 5.91 Å². The van der Waals surface area contributed by atoms with Crippen molar-refractivity contribution in [2.75, 3.05) is 6.61 Å². The van der Waals surface area contributed by atoms with E-state index in [2.05, 4.69) is 10.3 Å². The third-order valence-electron chi connectivity index (χ3n) is 4.07. The molecule has 1 aliphatic rings. The minimum absolute atomic E-state index is 0.0589. The Morgan fingerprint density at radius 1 is 1.46 bits per heavy atom. The van der Waals surface area contributed by atoms with Gasteiger partial charge in [0.2, 0.25) is 0 Å². The third-order valence-corrected chi connectivity index (χ3v) is 5.09. The van der Waals surface area contributed by atoms with Crippen molar-refractivity contribution in [1.82, 2.24) is 10.3 Å². The number of halogens is 1. The number of benzene rings is 1. The number of amides is 1. The normalized spacial score (nSPS) is 19.9. The van der Waals surface area contributed by atoms with Crippen molar-refractivity contribution in [2.24, 2.45) is 0 Å². The molecular weight excluding hydrogens is 327 g/mol. The fourth-order valence-corrected chi connectivity index (χ4v) is 3.93. The minimum atomic E-state index is -0.323. The summed E-state index contributed by atoms with van der Waals surface area (Å²) in [5, 5.41) is 3.84. The summed E-state index contributed by atoms with van der Waals surface area (Å²) in [6.45, 7) is 6.53. The van der Waals surface area contributed by atoms with Crippen molar-refractivity contribution >= 4 is 17.2 Å². The predicted octanol–water partition coefficient (Wildman–Crippen LogP) is 3.95. The first-order valence-corrected chi connectivity index (χ1v) is 8.84. The number of nitrogens with one attached hydrogen (secondary N) is 1. The number of aromatic nitrogens is 1. The highest BCUT2D eigenvalue weighted by Crippen LogP contribution is 2.31. The first-order valence-electron chi connectivity index (χ1n) is 8.02. The Hall–Kier alpha value is -1.79. The van der Waals surface area contributed by atoms with Crippen LogP contribution in [0.25, 0.3) is 10.4 Å². The second kappa shape index (κ2) is 6.61. The average molecular weight is 348 g/mol. The topological polar surface area (TPSA) is 51.2 Å². The van der Waals surface area contributed by atoms with Gasteiger partial charge >= 0.3 is 0 Å². The second-order valence-electron chi connectivity index (χ2n) is 6.69. The molecule has 0 spiro atoms. The monoisotopic (exact) mass is 348 g/mol. The zero-order valence-corrected chi connectivity index (χ0v) is 14.9. The molecule has 0 radical (unpaired) electrons. The molecule has 1 aromatic carbocycles. The van der Waals surface area contributed by atoms with E-state index in [1.807, 2.05) is 20.8 Å². The molecule has 4 nitrogen and oxygen atoms in total. The number of carbonyl (C=O) groups is 1. The van der Waals surface area contributed by atoms with Crippen molar-refractivity contribution < 1.29 is 13.9 Å². The van der Waals surface area contributed by atoms with Crippen molar-refractivity contribution in [3.8, 4) is 10.4 Å². The van der Waals surface area contributed by atoms with E-state index in [-0.39, 0.29) is 23.4 Å². The fraction of sp³-hybridized carbons (Fsp3) is 0.444. The smallest absolute Gasteiger partial charge is 0.271 e. The van der Waals surface area contributed by atoms with Crippen LogP contribution < -0.4 is 5.32 Å². The van der Waals surface area contributed by atoms with E-state index in [0.29, 0.717) is 22.7 Å². The molecule has 1 aliphatic heterocycles. The van der Waals surface area contributed by atoms with E-state index in [4.69, 9.17) is 4.74 Å². The van der Waals surface area contributed by atoms with Crippen LogP contribution in [0.1, 0.15) is 42.2 Å². The van der Waals surface area contributed by atoms with Crippen LogP contribution in [0.5, 0.6) is 0 Å². The fourth-order valence-electron chi connectivity index (χ4n) is 3.02. The van der Waals surface area contributed by atoms with Gasteiger partial charge in [-0.15, -0.1) is 11.3 Å². The molecule has 0 aliphatic carbocycles. The van der Waals surface area contributed by atoms with E-state index in [1.54, 1.807) is 12.1 Å². The minimum Gasteiger partial charge on any atom is -0.375 e. The molecule has 2 aromatic rings. The van der Waals surface area contributed by atoms with Crippen LogP contribution in [0.15, 0.2) is 24.3 Å². The van der Waals surface area contributed by atoms with Crippen LogP contribution in [0.3, 0.4) is 0 Å². The molecule has 3 rings (SSSR count). The Kier molecular flexibility index (Phi) is 4.69. The molecule has 128 valence electrons. The number of hydrogen-bond acceptors (Lipinski definition) is 4. The van der Waals surface area contributed by atoms with Gasteiger partial charge in [0.05, 0.1) is 15.5 Å². The average Bonchev–Trinajstić information content (AvgIpc) is 2.88. The van der Waals surface area contributed by atoms with Gasteiger partial charge < -0.3 is 10.1 Å². The number of nitrogens with zero attached hydrogens (tertiary/aromatic N) is 1. The molecule has 1 fully saturated rings. The van der Waals surface area contributed by atoms with E-state index in [1.165, 1.54) is 23.5 Å². The summed E-state index contributed by atoms with van der Waals surface area (Å²) in [7, 11) is 0. The van der Waals surface area contributed by atoms with E-state index < -0.39 is 0 Å².